The summed E-state index contributed by atoms with van der Waals surface area (Å²) < 4.78 is 7.98. The van der Waals surface area contributed by atoms with Crippen molar-refractivity contribution in [3.63, 3.8) is 0 Å². The van der Waals surface area contributed by atoms with Crippen LogP contribution in [-0.4, -0.2) is 29.7 Å². The molecule has 0 saturated carbocycles. The summed E-state index contributed by atoms with van der Waals surface area (Å²) in [6.07, 6.45) is 1.55. The molecule has 5 heteroatoms. The molecule has 1 aromatic carbocycles. The second-order valence-electron chi connectivity index (χ2n) is 3.50. The first-order valence-electron chi connectivity index (χ1n) is 4.84. The van der Waals surface area contributed by atoms with Gasteiger partial charge in [0, 0.05) is 17.8 Å². The average Bonchev–Trinajstić information content (AvgIpc) is 2.27. The molecule has 1 saturated heterocycles. The number of carbonyl (C=O) groups excluding carboxylic acids is 1. The van der Waals surface area contributed by atoms with E-state index in [2.05, 4.69) is 15.9 Å². The molecule has 1 aromatic rings. The lowest BCUT2D eigenvalue weighted by atomic mass is 9.94. The standard InChI is InChI=1S/C11H12BrNO2S/c1-15-10-9(13(16-2)11(10)14)7-4-3-5-8(12)6-7/h3-6,9-10H,1-2H3/t9-,10+/m0/s1. The van der Waals surface area contributed by atoms with Gasteiger partial charge in [-0.05, 0) is 17.7 Å². The zero-order valence-electron chi connectivity index (χ0n) is 9.01. The van der Waals surface area contributed by atoms with Gasteiger partial charge in [0.1, 0.15) is 6.04 Å². The second-order valence-corrected chi connectivity index (χ2v) is 5.18. The third-order valence-corrected chi connectivity index (χ3v) is 3.93. The van der Waals surface area contributed by atoms with E-state index < -0.39 is 0 Å². The number of hydrogen-bond acceptors (Lipinski definition) is 3. The van der Waals surface area contributed by atoms with Gasteiger partial charge in [-0.1, -0.05) is 40.0 Å². The van der Waals surface area contributed by atoms with E-state index in [1.165, 1.54) is 11.9 Å². The van der Waals surface area contributed by atoms with E-state index in [1.807, 2.05) is 30.5 Å². The zero-order chi connectivity index (χ0) is 11.7. The van der Waals surface area contributed by atoms with Crippen molar-refractivity contribution in [1.29, 1.82) is 0 Å². The van der Waals surface area contributed by atoms with Crippen LogP contribution in [0.4, 0.5) is 0 Å². The van der Waals surface area contributed by atoms with Crippen molar-refractivity contribution in [3.05, 3.63) is 34.3 Å². The minimum Gasteiger partial charge on any atom is -0.369 e. The van der Waals surface area contributed by atoms with Crippen molar-refractivity contribution in [1.82, 2.24) is 4.31 Å². The highest BCUT2D eigenvalue weighted by atomic mass is 79.9. The maximum Gasteiger partial charge on any atom is 0.264 e. The average molecular weight is 302 g/mol. The van der Waals surface area contributed by atoms with Gasteiger partial charge in [0.05, 0.1) is 0 Å². The molecule has 86 valence electrons. The Labute approximate surface area is 107 Å². The van der Waals surface area contributed by atoms with Crippen molar-refractivity contribution >= 4 is 33.8 Å². The van der Waals surface area contributed by atoms with Crippen LogP contribution in [0.1, 0.15) is 11.6 Å². The molecule has 1 aliphatic rings. The number of benzene rings is 1. The van der Waals surface area contributed by atoms with Crippen molar-refractivity contribution in [2.24, 2.45) is 0 Å². The van der Waals surface area contributed by atoms with E-state index in [4.69, 9.17) is 4.74 Å². The summed E-state index contributed by atoms with van der Waals surface area (Å²) in [5.74, 6) is 0.0416. The quantitative estimate of drug-likeness (QED) is 0.635. The molecule has 16 heavy (non-hydrogen) atoms. The van der Waals surface area contributed by atoms with Crippen molar-refractivity contribution in [3.8, 4) is 0 Å². The number of rotatable bonds is 3. The van der Waals surface area contributed by atoms with Gasteiger partial charge in [-0.25, -0.2) is 0 Å². The fourth-order valence-corrected chi connectivity index (χ4v) is 3.03. The van der Waals surface area contributed by atoms with E-state index in [0.717, 1.165) is 10.0 Å². The van der Waals surface area contributed by atoms with Crippen LogP contribution >= 0.6 is 27.9 Å². The third-order valence-electron chi connectivity index (χ3n) is 2.64. The Morgan fingerprint density at radius 2 is 2.25 bits per heavy atom. The number of nitrogens with zero attached hydrogens (tertiary/aromatic N) is 1. The van der Waals surface area contributed by atoms with Crippen LogP contribution in [0.15, 0.2) is 28.7 Å². The molecule has 1 heterocycles. The van der Waals surface area contributed by atoms with E-state index >= 15 is 0 Å². The van der Waals surface area contributed by atoms with Crippen LogP contribution in [0.5, 0.6) is 0 Å². The molecule has 0 N–H and O–H groups in total. The minimum atomic E-state index is -0.346. The summed E-state index contributed by atoms with van der Waals surface area (Å²) in [6.45, 7) is 0. The van der Waals surface area contributed by atoms with Crippen LogP contribution in [0.3, 0.4) is 0 Å². The van der Waals surface area contributed by atoms with Crippen molar-refractivity contribution in [2.75, 3.05) is 13.4 Å². The molecule has 3 nitrogen and oxygen atoms in total. The summed E-state index contributed by atoms with van der Waals surface area (Å²) in [7, 11) is 1.57. The molecule has 1 fully saturated rings. The smallest absolute Gasteiger partial charge is 0.264 e. The Morgan fingerprint density at radius 1 is 1.50 bits per heavy atom. The number of hydrogen-bond donors (Lipinski definition) is 0. The maximum atomic E-state index is 11.7. The zero-order valence-corrected chi connectivity index (χ0v) is 11.4. The Kier molecular flexibility index (Phi) is 3.56. The first kappa shape index (κ1) is 12.0. The van der Waals surface area contributed by atoms with E-state index in [0.29, 0.717) is 0 Å². The lowest BCUT2D eigenvalue weighted by Gasteiger charge is -2.44. The number of carbonyl (C=O) groups is 1. The van der Waals surface area contributed by atoms with Crippen molar-refractivity contribution in [2.45, 2.75) is 12.1 Å². The number of halogens is 1. The van der Waals surface area contributed by atoms with Gasteiger partial charge < -0.3 is 4.74 Å². The monoisotopic (exact) mass is 301 g/mol. The van der Waals surface area contributed by atoms with Gasteiger partial charge in [-0.3, -0.25) is 9.10 Å². The SMILES string of the molecule is CO[C@H]1C(=O)N(SC)[C@H]1c1cccc(Br)c1. The Morgan fingerprint density at radius 3 is 2.81 bits per heavy atom. The fourth-order valence-electron chi connectivity index (χ4n) is 1.87. The Bertz CT molecular complexity index is 399. The van der Waals surface area contributed by atoms with Crippen LogP contribution < -0.4 is 0 Å². The number of β-lactam (4-membered cyclic amide) rings is 1. The molecule has 0 spiro atoms. The lowest BCUT2D eigenvalue weighted by molar-refractivity contribution is -0.158. The summed E-state index contributed by atoms with van der Waals surface area (Å²) in [5, 5.41) is 0. The van der Waals surface area contributed by atoms with Gasteiger partial charge in [0.15, 0.2) is 6.10 Å². The van der Waals surface area contributed by atoms with Gasteiger partial charge >= 0.3 is 0 Å². The topological polar surface area (TPSA) is 29.5 Å². The second kappa shape index (κ2) is 4.77. The van der Waals surface area contributed by atoms with E-state index in [-0.39, 0.29) is 18.1 Å². The molecule has 0 radical (unpaired) electrons. The maximum absolute atomic E-state index is 11.7. The van der Waals surface area contributed by atoms with E-state index in [1.54, 1.807) is 11.4 Å². The van der Waals surface area contributed by atoms with Crippen LogP contribution in [0.2, 0.25) is 0 Å². The Hall–Kier alpha value is -0.520. The third kappa shape index (κ3) is 1.87. The number of ether oxygens (including phenoxy) is 1. The number of amides is 1. The molecule has 2 atom stereocenters. The minimum absolute atomic E-state index is 0.0185. The van der Waals surface area contributed by atoms with Crippen LogP contribution in [0.25, 0.3) is 0 Å². The van der Waals surface area contributed by atoms with Crippen LogP contribution in [0, 0.1) is 0 Å². The van der Waals surface area contributed by atoms with Crippen molar-refractivity contribution < 1.29 is 9.53 Å². The lowest BCUT2D eigenvalue weighted by Crippen LogP contribution is -2.55. The largest absolute Gasteiger partial charge is 0.369 e. The summed E-state index contributed by atoms with van der Waals surface area (Å²) in [5.41, 5.74) is 1.09. The molecule has 1 amide bonds. The van der Waals surface area contributed by atoms with Gasteiger partial charge in [-0.2, -0.15) is 0 Å². The number of methoxy groups -OCH3 is 1. The molecule has 1 aliphatic heterocycles. The highest BCUT2D eigenvalue weighted by molar-refractivity contribution is 9.10. The predicted molar refractivity (Wildman–Crippen MR) is 68.0 cm³/mol. The first-order valence-corrected chi connectivity index (χ1v) is 6.82. The highest BCUT2D eigenvalue weighted by Gasteiger charge is 2.48. The van der Waals surface area contributed by atoms with Gasteiger partial charge in [0.2, 0.25) is 0 Å². The predicted octanol–water partition coefficient (Wildman–Crippen LogP) is 2.63. The van der Waals surface area contributed by atoms with Gasteiger partial charge in [-0.15, -0.1) is 0 Å². The summed E-state index contributed by atoms with van der Waals surface area (Å²) in [6, 6.07) is 7.98. The van der Waals surface area contributed by atoms with Gasteiger partial charge in [0.25, 0.3) is 5.91 Å². The van der Waals surface area contributed by atoms with Crippen LogP contribution in [-0.2, 0) is 9.53 Å². The normalized spacial score (nSPS) is 24.4. The molecule has 0 aromatic heterocycles. The first-order chi connectivity index (χ1) is 7.69. The molecule has 0 aliphatic carbocycles. The molecule has 0 unspecified atom stereocenters. The van der Waals surface area contributed by atoms with E-state index in [9.17, 15) is 4.79 Å². The summed E-state index contributed by atoms with van der Waals surface area (Å²) in [4.78, 5) is 11.7. The summed E-state index contributed by atoms with van der Waals surface area (Å²) >= 11 is 4.87. The molecule has 0 bridgehead atoms. The molecular weight excluding hydrogens is 290 g/mol. The molecule has 2 rings (SSSR count). The molecular formula is C11H12BrNO2S. The fraction of sp³-hybridized carbons (Fsp3) is 0.364. The Balaban J connectivity index is 2.28. The highest BCUT2D eigenvalue weighted by Crippen LogP contribution is 2.41.